The SMILES string of the molecule is CCC(=O)CCC(C)CC(C)CC(C)CC=O. The molecule has 0 saturated heterocycles. The van der Waals surface area contributed by atoms with Gasteiger partial charge in [0.1, 0.15) is 12.1 Å². The number of aldehydes is 1. The molecular weight excluding hydrogens is 212 g/mol. The number of hydrogen-bond acceptors (Lipinski definition) is 2. The van der Waals surface area contributed by atoms with Crippen molar-refractivity contribution in [2.75, 3.05) is 0 Å². The monoisotopic (exact) mass is 240 g/mol. The van der Waals surface area contributed by atoms with E-state index in [9.17, 15) is 9.59 Å². The van der Waals surface area contributed by atoms with Crippen LogP contribution in [0.2, 0.25) is 0 Å². The highest BCUT2D eigenvalue weighted by Crippen LogP contribution is 2.23. The van der Waals surface area contributed by atoms with Crippen LogP contribution in [-0.2, 0) is 9.59 Å². The zero-order valence-corrected chi connectivity index (χ0v) is 11.9. The summed E-state index contributed by atoms with van der Waals surface area (Å²) in [6.07, 6.45) is 6.38. The molecule has 0 bridgehead atoms. The second kappa shape index (κ2) is 9.38. The molecule has 3 unspecified atom stereocenters. The molecule has 17 heavy (non-hydrogen) atoms. The molecule has 0 heterocycles. The Morgan fingerprint density at radius 2 is 1.65 bits per heavy atom. The second-order valence-corrected chi connectivity index (χ2v) is 5.62. The first-order valence-corrected chi connectivity index (χ1v) is 6.94. The predicted octanol–water partition coefficient (Wildman–Crippen LogP) is 4.02. The molecule has 0 aromatic rings. The van der Waals surface area contributed by atoms with Gasteiger partial charge in [-0.15, -0.1) is 0 Å². The van der Waals surface area contributed by atoms with E-state index in [2.05, 4.69) is 20.8 Å². The van der Waals surface area contributed by atoms with Crippen molar-refractivity contribution < 1.29 is 9.59 Å². The highest BCUT2D eigenvalue weighted by molar-refractivity contribution is 5.77. The largest absolute Gasteiger partial charge is 0.303 e. The van der Waals surface area contributed by atoms with Crippen molar-refractivity contribution in [1.29, 1.82) is 0 Å². The van der Waals surface area contributed by atoms with E-state index < -0.39 is 0 Å². The molecule has 0 fully saturated rings. The molecule has 0 saturated carbocycles. The lowest BCUT2D eigenvalue weighted by atomic mass is 9.86. The van der Waals surface area contributed by atoms with E-state index >= 15 is 0 Å². The Bertz CT molecular complexity index is 223. The molecule has 0 spiro atoms. The summed E-state index contributed by atoms with van der Waals surface area (Å²) in [7, 11) is 0. The quantitative estimate of drug-likeness (QED) is 0.540. The second-order valence-electron chi connectivity index (χ2n) is 5.62. The molecule has 0 amide bonds. The van der Waals surface area contributed by atoms with Crippen LogP contribution in [0.25, 0.3) is 0 Å². The van der Waals surface area contributed by atoms with E-state index in [1.165, 1.54) is 6.42 Å². The highest BCUT2D eigenvalue weighted by Gasteiger charge is 2.13. The maximum atomic E-state index is 11.2. The highest BCUT2D eigenvalue weighted by atomic mass is 16.1. The number of carbonyl (C=O) groups is 2. The summed E-state index contributed by atoms with van der Waals surface area (Å²) in [6.45, 7) is 8.54. The zero-order valence-electron chi connectivity index (χ0n) is 11.9. The zero-order chi connectivity index (χ0) is 13.3. The summed E-state index contributed by atoms with van der Waals surface area (Å²) in [6, 6.07) is 0. The van der Waals surface area contributed by atoms with Gasteiger partial charge in [-0.05, 0) is 37.0 Å². The van der Waals surface area contributed by atoms with Crippen LogP contribution in [0, 0.1) is 17.8 Å². The van der Waals surface area contributed by atoms with Crippen LogP contribution in [0.5, 0.6) is 0 Å². The van der Waals surface area contributed by atoms with E-state index in [1.807, 2.05) is 6.92 Å². The van der Waals surface area contributed by atoms with Crippen LogP contribution in [0.15, 0.2) is 0 Å². The van der Waals surface area contributed by atoms with Crippen molar-refractivity contribution in [1.82, 2.24) is 0 Å². The van der Waals surface area contributed by atoms with Gasteiger partial charge in [-0.25, -0.2) is 0 Å². The van der Waals surface area contributed by atoms with E-state index in [0.717, 1.165) is 25.5 Å². The van der Waals surface area contributed by atoms with Gasteiger partial charge in [-0.2, -0.15) is 0 Å². The standard InChI is InChI=1S/C15H28O2/c1-5-15(17)7-6-12(2)10-14(4)11-13(3)8-9-16/h9,12-14H,5-8,10-11H2,1-4H3. The average molecular weight is 240 g/mol. The van der Waals surface area contributed by atoms with Crippen molar-refractivity contribution in [2.45, 2.75) is 66.2 Å². The molecule has 0 radical (unpaired) electrons. The molecule has 3 atom stereocenters. The van der Waals surface area contributed by atoms with Crippen molar-refractivity contribution in [3.05, 3.63) is 0 Å². The van der Waals surface area contributed by atoms with Gasteiger partial charge in [0.15, 0.2) is 0 Å². The first-order chi connectivity index (χ1) is 7.99. The van der Waals surface area contributed by atoms with Gasteiger partial charge in [0.05, 0.1) is 0 Å². The summed E-state index contributed by atoms with van der Waals surface area (Å²) in [5, 5.41) is 0. The molecule has 0 aromatic carbocycles. The lowest BCUT2D eigenvalue weighted by Gasteiger charge is -2.19. The first-order valence-electron chi connectivity index (χ1n) is 6.94. The van der Waals surface area contributed by atoms with Crippen LogP contribution in [0.4, 0.5) is 0 Å². The van der Waals surface area contributed by atoms with Crippen LogP contribution in [0.3, 0.4) is 0 Å². The molecular formula is C15H28O2. The third-order valence-corrected chi connectivity index (χ3v) is 3.42. The summed E-state index contributed by atoms with van der Waals surface area (Å²) in [5.74, 6) is 2.13. The van der Waals surface area contributed by atoms with Crippen LogP contribution in [-0.4, -0.2) is 12.1 Å². The fourth-order valence-corrected chi connectivity index (χ4v) is 2.43. The number of Topliss-reactive ketones (excluding diaryl/α,β-unsaturated/α-hetero) is 1. The van der Waals surface area contributed by atoms with E-state index in [1.54, 1.807) is 0 Å². The van der Waals surface area contributed by atoms with Crippen LogP contribution >= 0.6 is 0 Å². The molecule has 2 heteroatoms. The summed E-state index contributed by atoms with van der Waals surface area (Å²) < 4.78 is 0. The Morgan fingerprint density at radius 3 is 2.18 bits per heavy atom. The molecule has 0 aliphatic carbocycles. The molecule has 100 valence electrons. The number of hydrogen-bond donors (Lipinski definition) is 0. The molecule has 0 N–H and O–H groups in total. The topological polar surface area (TPSA) is 34.1 Å². The van der Waals surface area contributed by atoms with E-state index in [4.69, 9.17) is 0 Å². The molecule has 0 aliphatic heterocycles. The summed E-state index contributed by atoms with van der Waals surface area (Å²) in [4.78, 5) is 21.6. The molecule has 2 nitrogen and oxygen atoms in total. The van der Waals surface area contributed by atoms with E-state index in [-0.39, 0.29) is 0 Å². The van der Waals surface area contributed by atoms with Crippen molar-refractivity contribution in [3.8, 4) is 0 Å². The molecule has 0 rings (SSSR count). The lowest BCUT2D eigenvalue weighted by Crippen LogP contribution is -2.09. The Labute approximate surface area is 106 Å². The summed E-state index contributed by atoms with van der Waals surface area (Å²) in [5.41, 5.74) is 0. The van der Waals surface area contributed by atoms with Crippen molar-refractivity contribution in [2.24, 2.45) is 17.8 Å². The lowest BCUT2D eigenvalue weighted by molar-refractivity contribution is -0.119. The maximum absolute atomic E-state index is 11.2. The fraction of sp³-hybridized carbons (Fsp3) is 0.867. The first kappa shape index (κ1) is 16.3. The van der Waals surface area contributed by atoms with Crippen LogP contribution in [0.1, 0.15) is 66.2 Å². The average Bonchev–Trinajstić information content (AvgIpc) is 2.25. The Hall–Kier alpha value is -0.660. The third kappa shape index (κ3) is 9.08. The third-order valence-electron chi connectivity index (χ3n) is 3.42. The normalized spacial score (nSPS) is 16.2. The fourth-order valence-electron chi connectivity index (χ4n) is 2.43. The van der Waals surface area contributed by atoms with Gasteiger partial charge in [-0.3, -0.25) is 4.79 Å². The van der Waals surface area contributed by atoms with Gasteiger partial charge >= 0.3 is 0 Å². The van der Waals surface area contributed by atoms with Crippen molar-refractivity contribution in [3.63, 3.8) is 0 Å². The van der Waals surface area contributed by atoms with Crippen LogP contribution < -0.4 is 0 Å². The van der Waals surface area contributed by atoms with Gasteiger partial charge in [0, 0.05) is 19.3 Å². The number of ketones is 1. The molecule has 0 aliphatic rings. The Balaban J connectivity index is 3.75. The van der Waals surface area contributed by atoms with Gasteiger partial charge < -0.3 is 4.79 Å². The van der Waals surface area contributed by atoms with E-state index in [0.29, 0.717) is 36.4 Å². The predicted molar refractivity (Wildman–Crippen MR) is 71.9 cm³/mol. The van der Waals surface area contributed by atoms with Crippen molar-refractivity contribution >= 4 is 12.1 Å². The Kier molecular flexibility index (Phi) is 9.01. The minimum Gasteiger partial charge on any atom is -0.303 e. The number of carbonyl (C=O) groups excluding carboxylic acids is 2. The minimum atomic E-state index is 0.374. The number of rotatable bonds is 10. The summed E-state index contributed by atoms with van der Waals surface area (Å²) >= 11 is 0. The molecule has 0 aromatic heterocycles. The maximum Gasteiger partial charge on any atom is 0.132 e. The van der Waals surface area contributed by atoms with Gasteiger partial charge in [0.25, 0.3) is 0 Å². The smallest absolute Gasteiger partial charge is 0.132 e. The minimum absolute atomic E-state index is 0.374. The van der Waals surface area contributed by atoms with Gasteiger partial charge in [0.2, 0.25) is 0 Å². The van der Waals surface area contributed by atoms with Gasteiger partial charge in [-0.1, -0.05) is 27.7 Å². The Morgan fingerprint density at radius 1 is 1.06 bits per heavy atom.